The van der Waals surface area contributed by atoms with Crippen LogP contribution in [-0.4, -0.2) is 36.3 Å². The minimum Gasteiger partial charge on any atom is -0.481 e. The zero-order chi connectivity index (χ0) is 25.7. The highest BCUT2D eigenvalue weighted by atomic mass is 16.5. The summed E-state index contributed by atoms with van der Waals surface area (Å²) in [4.78, 5) is 45.8. The van der Waals surface area contributed by atoms with Gasteiger partial charge in [0.05, 0.1) is 24.3 Å². The number of aryl methyl sites for hydroxylation is 1. The quantitative estimate of drug-likeness (QED) is 0.465. The number of aliphatic carboxylic acids is 1. The minimum absolute atomic E-state index is 0.0487. The normalized spacial score (nSPS) is 14.8. The van der Waals surface area contributed by atoms with Crippen LogP contribution in [0.5, 0.6) is 5.88 Å². The second-order valence-corrected chi connectivity index (χ2v) is 9.31. The van der Waals surface area contributed by atoms with Crippen molar-refractivity contribution in [2.24, 2.45) is 5.92 Å². The number of hydrogen-bond acceptors (Lipinski definition) is 7. The van der Waals surface area contributed by atoms with Gasteiger partial charge < -0.3 is 15.2 Å². The van der Waals surface area contributed by atoms with Crippen molar-refractivity contribution in [2.45, 2.75) is 65.1 Å². The molecule has 0 spiro atoms. The molecule has 10 heteroatoms. The van der Waals surface area contributed by atoms with E-state index in [9.17, 15) is 19.5 Å². The lowest BCUT2D eigenvalue weighted by Gasteiger charge is -2.22. The molecule has 1 aliphatic carbocycles. The molecular formula is C26H31N5O5. The third kappa shape index (κ3) is 6.18. The molecule has 1 aliphatic rings. The number of aromatic nitrogens is 4. The van der Waals surface area contributed by atoms with Crippen LogP contribution in [0.3, 0.4) is 0 Å². The molecule has 0 bridgehead atoms. The lowest BCUT2D eigenvalue weighted by atomic mass is 9.98. The summed E-state index contributed by atoms with van der Waals surface area (Å²) in [5.74, 6) is -1.46. The van der Waals surface area contributed by atoms with E-state index in [-0.39, 0.29) is 25.1 Å². The van der Waals surface area contributed by atoms with Crippen molar-refractivity contribution in [1.29, 1.82) is 0 Å². The van der Waals surface area contributed by atoms with Crippen LogP contribution in [0.4, 0.5) is 11.6 Å². The van der Waals surface area contributed by atoms with E-state index in [4.69, 9.17) is 4.74 Å². The molecule has 2 aromatic heterocycles. The first-order valence-corrected chi connectivity index (χ1v) is 12.2. The number of rotatable bonds is 9. The second-order valence-electron chi connectivity index (χ2n) is 9.31. The average Bonchev–Trinajstić information content (AvgIpc) is 2.87. The topological polar surface area (TPSA) is 128 Å². The van der Waals surface area contributed by atoms with Crippen LogP contribution in [0.15, 0.2) is 52.2 Å². The summed E-state index contributed by atoms with van der Waals surface area (Å²) in [6.07, 6.45) is 7.34. The summed E-state index contributed by atoms with van der Waals surface area (Å²) >= 11 is 0. The van der Waals surface area contributed by atoms with Gasteiger partial charge in [-0.1, -0.05) is 43.2 Å². The second kappa shape index (κ2) is 11.2. The van der Waals surface area contributed by atoms with Crippen molar-refractivity contribution < 1.29 is 14.6 Å². The van der Waals surface area contributed by atoms with E-state index in [1.165, 1.54) is 17.9 Å². The van der Waals surface area contributed by atoms with Gasteiger partial charge in [-0.3, -0.25) is 9.36 Å². The van der Waals surface area contributed by atoms with Crippen molar-refractivity contribution in [2.75, 3.05) is 5.32 Å². The van der Waals surface area contributed by atoms with E-state index in [1.807, 2.05) is 31.2 Å². The lowest BCUT2D eigenvalue weighted by molar-refractivity contribution is -0.141. The maximum Gasteiger partial charge on any atom is 0.354 e. The van der Waals surface area contributed by atoms with Gasteiger partial charge in [-0.2, -0.15) is 4.98 Å². The van der Waals surface area contributed by atoms with E-state index < -0.39 is 23.3 Å². The van der Waals surface area contributed by atoms with Crippen LogP contribution in [0, 0.1) is 12.8 Å². The Bertz CT molecular complexity index is 1310. The Morgan fingerprint density at radius 2 is 1.83 bits per heavy atom. The summed E-state index contributed by atoms with van der Waals surface area (Å²) in [5.41, 5.74) is 0.978. The summed E-state index contributed by atoms with van der Waals surface area (Å²) < 4.78 is 8.16. The fourth-order valence-electron chi connectivity index (χ4n) is 4.16. The molecule has 190 valence electrons. The number of nitrogens with one attached hydrogen (secondary N) is 1. The fraction of sp³-hybridized carbons (Fsp3) is 0.423. The van der Waals surface area contributed by atoms with E-state index in [0.717, 1.165) is 41.4 Å². The molecule has 2 N–H and O–H groups in total. The molecule has 0 amide bonds. The standard InChI is InChI=1S/C26H31N5O5/c1-17-8-10-19(11-9-17)16-30-24(29-25(34)31(26(30)35)15-18(2)23(32)33)28-20-12-13-22(27-14-20)36-21-6-4-3-5-7-21/h8-14,18,21H,3-7,15-16H2,1-2H3,(H,32,33)(H,28,29,34)/t18-/m0/s1. The number of carbonyl (C=O) groups is 1. The fourth-order valence-corrected chi connectivity index (χ4v) is 4.16. The molecule has 36 heavy (non-hydrogen) atoms. The number of carboxylic acids is 1. The van der Waals surface area contributed by atoms with Gasteiger partial charge in [0.25, 0.3) is 0 Å². The highest BCUT2D eigenvalue weighted by molar-refractivity contribution is 5.69. The number of benzene rings is 1. The molecule has 1 atom stereocenters. The number of ether oxygens (including phenoxy) is 1. The van der Waals surface area contributed by atoms with E-state index >= 15 is 0 Å². The van der Waals surface area contributed by atoms with Crippen molar-refractivity contribution in [3.8, 4) is 5.88 Å². The van der Waals surface area contributed by atoms with E-state index in [1.54, 1.807) is 18.3 Å². The molecule has 4 rings (SSSR count). The Balaban J connectivity index is 1.63. The molecule has 1 saturated carbocycles. The summed E-state index contributed by atoms with van der Waals surface area (Å²) in [6.45, 7) is 3.27. The van der Waals surface area contributed by atoms with Gasteiger partial charge in [-0.25, -0.2) is 19.1 Å². The monoisotopic (exact) mass is 493 g/mol. The van der Waals surface area contributed by atoms with Crippen LogP contribution < -0.4 is 21.4 Å². The summed E-state index contributed by atoms with van der Waals surface area (Å²) in [5, 5.41) is 12.3. The molecule has 0 unspecified atom stereocenters. The van der Waals surface area contributed by atoms with Crippen molar-refractivity contribution in [1.82, 2.24) is 19.1 Å². The number of pyridine rings is 1. The molecule has 3 aromatic rings. The first-order chi connectivity index (χ1) is 17.3. The Morgan fingerprint density at radius 1 is 1.11 bits per heavy atom. The first kappa shape index (κ1) is 25.2. The van der Waals surface area contributed by atoms with Crippen LogP contribution in [0.1, 0.15) is 50.2 Å². The van der Waals surface area contributed by atoms with Gasteiger partial charge in [-0.05, 0) is 44.2 Å². The van der Waals surface area contributed by atoms with Gasteiger partial charge >= 0.3 is 17.3 Å². The number of hydrogen-bond donors (Lipinski definition) is 2. The van der Waals surface area contributed by atoms with Crippen LogP contribution in [0.25, 0.3) is 0 Å². The smallest absolute Gasteiger partial charge is 0.354 e. The molecule has 0 radical (unpaired) electrons. The van der Waals surface area contributed by atoms with E-state index in [2.05, 4.69) is 15.3 Å². The van der Waals surface area contributed by atoms with Crippen LogP contribution in [-0.2, 0) is 17.9 Å². The Morgan fingerprint density at radius 3 is 2.47 bits per heavy atom. The first-order valence-electron chi connectivity index (χ1n) is 12.2. The molecule has 2 heterocycles. The van der Waals surface area contributed by atoms with Crippen molar-refractivity contribution >= 4 is 17.6 Å². The van der Waals surface area contributed by atoms with Crippen molar-refractivity contribution in [3.05, 3.63) is 74.7 Å². The largest absolute Gasteiger partial charge is 0.481 e. The van der Waals surface area contributed by atoms with Gasteiger partial charge in [-0.15, -0.1) is 0 Å². The van der Waals surface area contributed by atoms with Crippen LogP contribution in [0.2, 0.25) is 0 Å². The molecule has 1 fully saturated rings. The highest BCUT2D eigenvalue weighted by Crippen LogP contribution is 2.23. The third-order valence-corrected chi connectivity index (χ3v) is 6.32. The maximum atomic E-state index is 13.3. The number of carboxylic acid groups (broad SMARTS) is 1. The van der Waals surface area contributed by atoms with Gasteiger partial charge in [0, 0.05) is 12.6 Å². The van der Waals surface area contributed by atoms with Gasteiger partial charge in [0.15, 0.2) is 0 Å². The molecule has 1 aromatic carbocycles. The molecular weight excluding hydrogens is 462 g/mol. The van der Waals surface area contributed by atoms with Crippen molar-refractivity contribution in [3.63, 3.8) is 0 Å². The minimum atomic E-state index is -1.10. The molecule has 0 aliphatic heterocycles. The summed E-state index contributed by atoms with van der Waals surface area (Å²) in [7, 11) is 0. The van der Waals surface area contributed by atoms with Crippen LogP contribution >= 0.6 is 0 Å². The van der Waals surface area contributed by atoms with E-state index in [0.29, 0.717) is 11.6 Å². The molecule has 10 nitrogen and oxygen atoms in total. The predicted molar refractivity (Wildman–Crippen MR) is 135 cm³/mol. The Labute approximate surface area is 208 Å². The van der Waals surface area contributed by atoms with Gasteiger partial charge in [0.2, 0.25) is 11.8 Å². The highest BCUT2D eigenvalue weighted by Gasteiger charge is 2.19. The van der Waals surface area contributed by atoms with Gasteiger partial charge in [0.1, 0.15) is 6.10 Å². The zero-order valence-electron chi connectivity index (χ0n) is 20.5. The Hall–Kier alpha value is -3.95. The predicted octanol–water partition coefficient (Wildman–Crippen LogP) is 3.33. The maximum absolute atomic E-state index is 13.3. The number of anilines is 2. The lowest BCUT2D eigenvalue weighted by Crippen LogP contribution is -2.44. The number of nitrogens with zero attached hydrogens (tertiary/aromatic N) is 4. The Kier molecular flexibility index (Phi) is 7.82. The summed E-state index contributed by atoms with van der Waals surface area (Å²) in [6, 6.07) is 11.1. The third-order valence-electron chi connectivity index (χ3n) is 6.32. The average molecular weight is 494 g/mol. The zero-order valence-corrected chi connectivity index (χ0v) is 20.5. The SMILES string of the molecule is Cc1ccc(Cn2c(Nc3ccc(OC4CCCCC4)nc3)nc(=O)n(C[C@H](C)C(=O)O)c2=O)cc1. The molecule has 0 saturated heterocycles.